The van der Waals surface area contributed by atoms with Gasteiger partial charge in [0.2, 0.25) is 0 Å². The lowest BCUT2D eigenvalue weighted by atomic mass is 10.2. The van der Waals surface area contributed by atoms with E-state index in [-0.39, 0.29) is 11.7 Å². The first-order valence-electron chi connectivity index (χ1n) is 11.1. The van der Waals surface area contributed by atoms with Crippen LogP contribution in [0, 0.1) is 19.7 Å². The lowest BCUT2D eigenvalue weighted by Gasteiger charge is -2.11. The van der Waals surface area contributed by atoms with E-state index < -0.39 is 0 Å². The lowest BCUT2D eigenvalue weighted by molar-refractivity contribution is 0.0955. The Morgan fingerprint density at radius 3 is 2.45 bits per heavy atom. The van der Waals surface area contributed by atoms with Gasteiger partial charge in [0, 0.05) is 24.6 Å². The van der Waals surface area contributed by atoms with Crippen LogP contribution in [-0.2, 0) is 0 Å². The summed E-state index contributed by atoms with van der Waals surface area (Å²) in [7, 11) is 0. The first-order chi connectivity index (χ1) is 16.0. The average molecular weight is 445 g/mol. The van der Waals surface area contributed by atoms with E-state index in [2.05, 4.69) is 29.7 Å². The summed E-state index contributed by atoms with van der Waals surface area (Å²) in [5.74, 6) is 1.33. The summed E-state index contributed by atoms with van der Waals surface area (Å²) in [6.07, 6.45) is 2.19. The molecule has 0 saturated heterocycles. The van der Waals surface area contributed by atoms with E-state index in [9.17, 15) is 9.18 Å². The Hall–Kier alpha value is -3.81. The molecule has 2 aromatic carbocycles. The molecule has 1 amide bonds. The van der Waals surface area contributed by atoms with E-state index >= 15 is 0 Å². The zero-order chi connectivity index (χ0) is 22.9. The van der Waals surface area contributed by atoms with Crippen LogP contribution in [0.3, 0.4) is 0 Å². The lowest BCUT2D eigenvalue weighted by Crippen LogP contribution is -2.29. The number of benzene rings is 2. The molecule has 0 atom stereocenters. The smallest absolute Gasteiger partial charge is 0.251 e. The number of amides is 1. The highest BCUT2D eigenvalue weighted by atomic mass is 19.1. The maximum absolute atomic E-state index is 13.1. The Kier molecular flexibility index (Phi) is 5.50. The number of anilines is 1. The second-order valence-corrected chi connectivity index (χ2v) is 8.43. The minimum atomic E-state index is -0.367. The number of rotatable bonds is 7. The van der Waals surface area contributed by atoms with Gasteiger partial charge in [-0.1, -0.05) is 17.7 Å². The molecule has 1 saturated carbocycles. The zero-order valence-corrected chi connectivity index (χ0v) is 18.6. The van der Waals surface area contributed by atoms with Crippen molar-refractivity contribution >= 4 is 22.8 Å². The van der Waals surface area contributed by atoms with Gasteiger partial charge in [-0.15, -0.1) is 0 Å². The van der Waals surface area contributed by atoms with Crippen molar-refractivity contribution in [3.63, 3.8) is 0 Å². The second kappa shape index (κ2) is 8.61. The fourth-order valence-electron chi connectivity index (χ4n) is 3.78. The van der Waals surface area contributed by atoms with Crippen LogP contribution >= 0.6 is 0 Å². The van der Waals surface area contributed by atoms with Crippen molar-refractivity contribution in [1.82, 2.24) is 25.1 Å². The highest BCUT2D eigenvalue weighted by molar-refractivity contribution is 5.94. The van der Waals surface area contributed by atoms with Gasteiger partial charge in [0.15, 0.2) is 5.65 Å². The summed E-state index contributed by atoms with van der Waals surface area (Å²) in [5.41, 5.74) is 4.19. The summed E-state index contributed by atoms with van der Waals surface area (Å²) < 4.78 is 14.9. The van der Waals surface area contributed by atoms with E-state index in [1.165, 1.54) is 29.8 Å². The minimum Gasteiger partial charge on any atom is -0.368 e. The normalized spacial score (nSPS) is 13.3. The Labute approximate surface area is 191 Å². The molecular formula is C25H25FN6O. The third-order valence-electron chi connectivity index (χ3n) is 5.75. The van der Waals surface area contributed by atoms with Gasteiger partial charge in [0.05, 0.1) is 16.8 Å². The van der Waals surface area contributed by atoms with E-state index in [1.54, 1.807) is 0 Å². The third-order valence-corrected chi connectivity index (χ3v) is 5.75. The Bertz CT molecular complexity index is 1310. The number of fused-ring (bicyclic) bond motifs is 1. The highest BCUT2D eigenvalue weighted by Crippen LogP contribution is 2.40. The molecule has 1 aliphatic rings. The van der Waals surface area contributed by atoms with Crippen molar-refractivity contribution in [1.29, 1.82) is 0 Å². The summed E-state index contributed by atoms with van der Waals surface area (Å²) in [5, 5.41) is 11.8. The molecular weight excluding hydrogens is 419 g/mol. The molecule has 8 heteroatoms. The summed E-state index contributed by atoms with van der Waals surface area (Å²) in [6.45, 7) is 4.89. The van der Waals surface area contributed by atoms with Gasteiger partial charge in [0.25, 0.3) is 5.91 Å². The SMILES string of the molecule is Cc1ccc(-n2nc(C)c3c(NCCNC(=O)c4ccc(F)cc4)nc(C4CC4)nc32)cc1. The van der Waals surface area contributed by atoms with Crippen LogP contribution in [0.4, 0.5) is 10.2 Å². The van der Waals surface area contributed by atoms with Gasteiger partial charge in [-0.2, -0.15) is 5.10 Å². The summed E-state index contributed by atoms with van der Waals surface area (Å²) >= 11 is 0. The number of nitrogens with one attached hydrogen (secondary N) is 2. The fourth-order valence-corrected chi connectivity index (χ4v) is 3.78. The predicted octanol–water partition coefficient (Wildman–Crippen LogP) is 4.29. The zero-order valence-electron chi connectivity index (χ0n) is 18.6. The van der Waals surface area contributed by atoms with E-state index in [0.29, 0.717) is 24.6 Å². The molecule has 33 heavy (non-hydrogen) atoms. The van der Waals surface area contributed by atoms with Crippen molar-refractivity contribution in [3.8, 4) is 5.69 Å². The van der Waals surface area contributed by atoms with Crippen molar-refractivity contribution < 1.29 is 9.18 Å². The number of carbonyl (C=O) groups excluding carboxylic acids is 1. The first-order valence-corrected chi connectivity index (χ1v) is 11.1. The Morgan fingerprint density at radius 1 is 1.03 bits per heavy atom. The molecule has 7 nitrogen and oxygen atoms in total. The molecule has 2 heterocycles. The van der Waals surface area contributed by atoms with Crippen LogP contribution in [0.1, 0.15) is 46.2 Å². The molecule has 0 unspecified atom stereocenters. The molecule has 2 N–H and O–H groups in total. The van der Waals surface area contributed by atoms with Crippen LogP contribution in [-0.4, -0.2) is 38.7 Å². The maximum atomic E-state index is 13.1. The van der Waals surface area contributed by atoms with Gasteiger partial charge in [-0.05, 0) is 63.1 Å². The largest absolute Gasteiger partial charge is 0.368 e. The molecule has 4 aromatic rings. The van der Waals surface area contributed by atoms with E-state index in [4.69, 9.17) is 15.1 Å². The first kappa shape index (κ1) is 21.1. The number of nitrogens with zero attached hydrogens (tertiary/aromatic N) is 4. The molecule has 168 valence electrons. The van der Waals surface area contributed by atoms with Gasteiger partial charge in [-0.3, -0.25) is 4.79 Å². The summed E-state index contributed by atoms with van der Waals surface area (Å²) in [4.78, 5) is 21.9. The van der Waals surface area contributed by atoms with Crippen LogP contribution in [0.2, 0.25) is 0 Å². The molecule has 0 bridgehead atoms. The Balaban J connectivity index is 1.37. The number of aryl methyl sites for hydroxylation is 2. The highest BCUT2D eigenvalue weighted by Gasteiger charge is 2.29. The van der Waals surface area contributed by atoms with Crippen LogP contribution in [0.5, 0.6) is 0 Å². The predicted molar refractivity (Wildman–Crippen MR) is 125 cm³/mol. The molecule has 2 aromatic heterocycles. The van der Waals surface area contributed by atoms with Crippen LogP contribution in [0.15, 0.2) is 48.5 Å². The molecule has 0 aliphatic heterocycles. The number of hydrogen-bond acceptors (Lipinski definition) is 5. The Morgan fingerprint density at radius 2 is 1.76 bits per heavy atom. The van der Waals surface area contributed by atoms with Crippen molar-refractivity contribution in [2.24, 2.45) is 0 Å². The maximum Gasteiger partial charge on any atom is 0.251 e. The topological polar surface area (TPSA) is 84.7 Å². The van der Waals surface area contributed by atoms with Crippen molar-refractivity contribution in [3.05, 3.63) is 77.0 Å². The second-order valence-electron chi connectivity index (χ2n) is 8.43. The fraction of sp³-hybridized carbons (Fsp3) is 0.280. The van der Waals surface area contributed by atoms with Crippen molar-refractivity contribution in [2.75, 3.05) is 18.4 Å². The molecule has 5 rings (SSSR count). The number of carbonyl (C=O) groups is 1. The standard InChI is InChI=1S/C25H25FN6O/c1-15-3-11-20(12-4-15)32-24-21(16(2)31-32)23(29-22(30-24)17-5-6-17)27-13-14-28-25(33)18-7-9-19(26)10-8-18/h3-4,7-12,17H,5-6,13-14H2,1-2H3,(H,28,33)(H,27,29,30). The molecule has 1 aliphatic carbocycles. The summed E-state index contributed by atoms with van der Waals surface area (Å²) in [6, 6.07) is 13.7. The molecule has 0 radical (unpaired) electrons. The van der Waals surface area contributed by atoms with Crippen molar-refractivity contribution in [2.45, 2.75) is 32.6 Å². The number of aromatic nitrogens is 4. The van der Waals surface area contributed by atoms with Gasteiger partial charge in [0.1, 0.15) is 17.5 Å². The molecule has 0 spiro atoms. The van der Waals surface area contributed by atoms with E-state index in [1.807, 2.05) is 23.7 Å². The number of halogens is 1. The average Bonchev–Trinajstić information content (AvgIpc) is 3.61. The minimum absolute atomic E-state index is 0.244. The third kappa shape index (κ3) is 4.41. The number of hydrogen-bond donors (Lipinski definition) is 2. The molecule has 1 fully saturated rings. The van der Waals surface area contributed by atoms with Gasteiger partial charge in [-0.25, -0.2) is 19.0 Å². The monoisotopic (exact) mass is 444 g/mol. The van der Waals surface area contributed by atoms with Crippen LogP contribution < -0.4 is 10.6 Å². The van der Waals surface area contributed by atoms with Gasteiger partial charge >= 0.3 is 0 Å². The van der Waals surface area contributed by atoms with E-state index in [0.717, 1.165) is 46.9 Å². The van der Waals surface area contributed by atoms with Gasteiger partial charge < -0.3 is 10.6 Å². The quantitative estimate of drug-likeness (QED) is 0.416. The van der Waals surface area contributed by atoms with Crippen LogP contribution in [0.25, 0.3) is 16.7 Å².